The summed E-state index contributed by atoms with van der Waals surface area (Å²) in [4.78, 5) is 15.5. The molecule has 2 aliphatic rings. The summed E-state index contributed by atoms with van der Waals surface area (Å²) in [6.45, 7) is 5.89. The predicted octanol–water partition coefficient (Wildman–Crippen LogP) is 7.14. The molecular weight excluding hydrogens is 486 g/mol. The van der Waals surface area contributed by atoms with Crippen molar-refractivity contribution >= 4 is 64.2 Å². The van der Waals surface area contributed by atoms with Crippen LogP contribution in [0.2, 0.25) is 10.0 Å². The van der Waals surface area contributed by atoms with E-state index in [0.717, 1.165) is 49.8 Å². The van der Waals surface area contributed by atoms with Crippen LogP contribution in [0.15, 0.2) is 36.4 Å². The molecule has 5 nitrogen and oxygen atoms in total. The molecule has 4 rings (SSSR count). The number of nitrogens with zero attached hydrogens (tertiary/aromatic N) is 2. The van der Waals surface area contributed by atoms with E-state index in [1.54, 1.807) is 18.2 Å². The van der Waals surface area contributed by atoms with Gasteiger partial charge in [-0.05, 0) is 68.8 Å². The van der Waals surface area contributed by atoms with E-state index >= 15 is 0 Å². The summed E-state index contributed by atoms with van der Waals surface area (Å²) in [6.07, 6.45) is 1.76. The topological polar surface area (TPSA) is 42.0 Å². The minimum atomic E-state index is -2.99. The Bertz CT molecular complexity index is 1060. The molecule has 172 valence electrons. The Balaban J connectivity index is 1.82. The Labute approximate surface area is 204 Å². The van der Waals surface area contributed by atoms with E-state index in [4.69, 9.17) is 44.3 Å². The van der Waals surface area contributed by atoms with E-state index < -0.39 is 12.5 Å². The number of benzene rings is 2. The summed E-state index contributed by atoms with van der Waals surface area (Å²) in [5, 5.41) is 1.50. The first-order valence-electron chi connectivity index (χ1n) is 11.0. The fourth-order valence-corrected chi connectivity index (χ4v) is 8.27. The van der Waals surface area contributed by atoms with Crippen molar-refractivity contribution in [3.63, 3.8) is 0 Å². The highest BCUT2D eigenvalue weighted by Crippen LogP contribution is 2.59. The lowest BCUT2D eigenvalue weighted by molar-refractivity contribution is 0.170. The maximum atomic E-state index is 13.3. The Kier molecular flexibility index (Phi) is 7.38. The number of hydrogen-bond donors (Lipinski definition) is 0. The van der Waals surface area contributed by atoms with Crippen molar-refractivity contribution in [2.45, 2.75) is 52.1 Å². The van der Waals surface area contributed by atoms with Crippen molar-refractivity contribution in [1.82, 2.24) is 0 Å². The minimum Gasteiger partial charge on any atom is -0.409 e. The van der Waals surface area contributed by atoms with Gasteiger partial charge in [0.25, 0.3) is 0 Å². The van der Waals surface area contributed by atoms with Crippen molar-refractivity contribution in [3.8, 4) is 5.75 Å². The van der Waals surface area contributed by atoms with Crippen LogP contribution in [0.3, 0.4) is 0 Å². The number of hydrogen-bond acceptors (Lipinski definition) is 5. The fraction of sp³-hybridized carbons (Fsp3) is 0.435. The second-order valence-electron chi connectivity index (χ2n) is 7.99. The van der Waals surface area contributed by atoms with E-state index in [0.29, 0.717) is 21.5 Å². The first-order valence-corrected chi connectivity index (χ1v) is 14.5. The van der Waals surface area contributed by atoms with E-state index in [1.165, 1.54) is 11.1 Å². The lowest BCUT2D eigenvalue weighted by Gasteiger charge is -2.41. The third-order valence-electron chi connectivity index (χ3n) is 6.00. The summed E-state index contributed by atoms with van der Waals surface area (Å²) in [5.41, 5.74) is 1.52. The van der Waals surface area contributed by atoms with Crippen LogP contribution in [0, 0.1) is 0 Å². The molecular formula is C23H27Cl2N2O3PS. The van der Waals surface area contributed by atoms with Gasteiger partial charge in [-0.25, -0.2) is 9.46 Å². The number of anilines is 2. The van der Waals surface area contributed by atoms with Gasteiger partial charge in [-0.15, -0.1) is 0 Å². The molecule has 0 radical (unpaired) electrons. The van der Waals surface area contributed by atoms with E-state index in [9.17, 15) is 4.79 Å². The SMILES string of the molecule is CCN(CC)c1ccc2c(c1)OC(=O)N(c1ccc(Cl)c(Cl)c1)[P@]2(=S)OC1CCCCC1. The molecule has 1 aliphatic heterocycles. The van der Waals surface area contributed by atoms with Gasteiger partial charge in [-0.3, -0.25) is 0 Å². The van der Waals surface area contributed by atoms with Crippen LogP contribution in [-0.4, -0.2) is 25.3 Å². The van der Waals surface area contributed by atoms with E-state index in [-0.39, 0.29) is 6.10 Å². The molecule has 1 saturated carbocycles. The second-order valence-corrected chi connectivity index (χ2v) is 12.4. The van der Waals surface area contributed by atoms with Crippen LogP contribution in [0.4, 0.5) is 16.2 Å². The number of amides is 1. The molecule has 0 spiro atoms. The largest absolute Gasteiger partial charge is 0.425 e. The van der Waals surface area contributed by atoms with Crippen molar-refractivity contribution < 1.29 is 14.1 Å². The van der Waals surface area contributed by atoms with E-state index in [2.05, 4.69) is 18.7 Å². The molecule has 1 aliphatic carbocycles. The highest BCUT2D eigenvalue weighted by atomic mass is 35.5. The number of carbonyl (C=O) groups excluding carboxylic acids is 1. The molecule has 1 amide bonds. The zero-order valence-corrected chi connectivity index (χ0v) is 21.4. The van der Waals surface area contributed by atoms with Crippen molar-refractivity contribution in [2.24, 2.45) is 0 Å². The molecule has 32 heavy (non-hydrogen) atoms. The normalized spacial score (nSPS) is 21.2. The molecule has 0 bridgehead atoms. The summed E-state index contributed by atoms with van der Waals surface area (Å²) in [5.74, 6) is 0.481. The standard InChI is InChI=1S/C23H27Cl2N2O3PS/c1-3-26(4-2)16-11-13-22-21(15-16)29-23(28)27(17-10-12-19(24)20(25)14-17)31(22,32)30-18-8-6-5-7-9-18/h10-15,18H,3-9H2,1-2H3/t31-/m0/s1. The molecule has 0 N–H and O–H groups in total. The molecule has 1 atom stereocenters. The molecule has 0 saturated heterocycles. The highest BCUT2D eigenvalue weighted by molar-refractivity contribution is 8.17. The quantitative estimate of drug-likeness (QED) is 0.384. The lowest BCUT2D eigenvalue weighted by Crippen LogP contribution is -2.42. The van der Waals surface area contributed by atoms with Crippen molar-refractivity contribution in [1.29, 1.82) is 0 Å². The van der Waals surface area contributed by atoms with Gasteiger partial charge < -0.3 is 14.2 Å². The van der Waals surface area contributed by atoms with Crippen LogP contribution in [0.25, 0.3) is 0 Å². The van der Waals surface area contributed by atoms with Crippen LogP contribution >= 0.6 is 29.6 Å². The van der Waals surface area contributed by atoms with Crippen LogP contribution in [0.5, 0.6) is 5.75 Å². The van der Waals surface area contributed by atoms with Crippen molar-refractivity contribution in [2.75, 3.05) is 22.7 Å². The molecule has 0 unspecified atom stereocenters. The summed E-state index contributed by atoms with van der Waals surface area (Å²) in [6, 6.07) is 10.9. The Morgan fingerprint density at radius 2 is 1.81 bits per heavy atom. The van der Waals surface area contributed by atoms with Gasteiger partial charge in [0.1, 0.15) is 5.75 Å². The number of fused-ring (bicyclic) bond motifs is 1. The van der Waals surface area contributed by atoms with E-state index in [1.807, 2.05) is 18.2 Å². The number of ether oxygens (including phenoxy) is 1. The Morgan fingerprint density at radius 3 is 2.47 bits per heavy atom. The van der Waals surface area contributed by atoms with Crippen LogP contribution in [0.1, 0.15) is 46.0 Å². The summed E-state index contributed by atoms with van der Waals surface area (Å²) in [7, 11) is 0. The first-order chi connectivity index (χ1) is 15.4. The smallest absolute Gasteiger partial charge is 0.409 e. The minimum absolute atomic E-state index is 0.0149. The van der Waals surface area contributed by atoms with Crippen LogP contribution in [-0.2, 0) is 16.3 Å². The second kappa shape index (κ2) is 9.90. The average molecular weight is 513 g/mol. The van der Waals surface area contributed by atoms with Gasteiger partial charge in [0, 0.05) is 24.8 Å². The predicted molar refractivity (Wildman–Crippen MR) is 137 cm³/mol. The molecule has 2 aromatic rings. The molecule has 1 fully saturated rings. The van der Waals surface area contributed by atoms with Gasteiger partial charge >= 0.3 is 6.09 Å². The zero-order valence-electron chi connectivity index (χ0n) is 18.2. The number of carbonyl (C=O) groups is 1. The number of rotatable bonds is 6. The van der Waals surface area contributed by atoms with Gasteiger partial charge in [0.2, 0.25) is 0 Å². The fourth-order valence-electron chi connectivity index (χ4n) is 4.31. The maximum absolute atomic E-state index is 13.3. The van der Waals surface area contributed by atoms with Gasteiger partial charge in [-0.2, -0.15) is 0 Å². The first kappa shape index (κ1) is 23.8. The number of halogens is 2. The third-order valence-corrected chi connectivity index (χ3v) is 10.6. The van der Waals surface area contributed by atoms with Crippen LogP contribution < -0.4 is 19.6 Å². The molecule has 0 aromatic heterocycles. The van der Waals surface area contributed by atoms with Gasteiger partial charge in [-0.1, -0.05) is 42.5 Å². The monoisotopic (exact) mass is 512 g/mol. The average Bonchev–Trinajstić information content (AvgIpc) is 2.77. The molecule has 1 heterocycles. The lowest BCUT2D eigenvalue weighted by atomic mass is 9.98. The summed E-state index contributed by atoms with van der Waals surface area (Å²) >= 11 is 18.6. The van der Waals surface area contributed by atoms with Gasteiger partial charge in [0.15, 0.2) is 6.42 Å². The maximum Gasteiger partial charge on any atom is 0.425 e. The summed E-state index contributed by atoms with van der Waals surface area (Å²) < 4.78 is 14.0. The highest BCUT2D eigenvalue weighted by Gasteiger charge is 2.44. The zero-order chi connectivity index (χ0) is 22.9. The third kappa shape index (κ3) is 4.53. The van der Waals surface area contributed by atoms with Crippen molar-refractivity contribution in [3.05, 3.63) is 46.4 Å². The Hall–Kier alpha value is -1.30. The van der Waals surface area contributed by atoms with Gasteiger partial charge in [0.05, 0.1) is 27.1 Å². The molecule has 9 heteroatoms. The molecule has 2 aromatic carbocycles. The Morgan fingerprint density at radius 1 is 1.09 bits per heavy atom.